The average Bonchev–Trinajstić information content (AvgIpc) is 2.83. The molecule has 0 unspecified atom stereocenters. The second-order valence-corrected chi connectivity index (χ2v) is 6.19. The molecule has 3 nitrogen and oxygen atoms in total. The van der Waals surface area contributed by atoms with Crippen LogP contribution in [0.15, 0.2) is 28.7 Å². The zero-order chi connectivity index (χ0) is 12.6. The molecular formula is C14H18BrNO2. The quantitative estimate of drug-likeness (QED) is 0.867. The molecule has 0 radical (unpaired) electrons. The maximum Gasteiger partial charge on any atom is 0.168 e. The number of nitrogens with two attached hydrogens (primary N) is 1. The lowest BCUT2D eigenvalue weighted by molar-refractivity contribution is -0.185. The van der Waals surface area contributed by atoms with Crippen LogP contribution in [0.2, 0.25) is 0 Å². The van der Waals surface area contributed by atoms with E-state index in [9.17, 15) is 0 Å². The third-order valence-electron chi connectivity index (χ3n) is 4.12. The van der Waals surface area contributed by atoms with E-state index in [-0.39, 0.29) is 11.3 Å². The van der Waals surface area contributed by atoms with E-state index in [0.29, 0.717) is 13.2 Å². The van der Waals surface area contributed by atoms with Crippen molar-refractivity contribution < 1.29 is 9.47 Å². The number of ether oxygens (including phenoxy) is 2. The first kappa shape index (κ1) is 12.6. The summed E-state index contributed by atoms with van der Waals surface area (Å²) in [4.78, 5) is 0. The lowest BCUT2D eigenvalue weighted by Gasteiger charge is -2.41. The lowest BCUT2D eigenvalue weighted by atomic mass is 9.75. The highest BCUT2D eigenvalue weighted by molar-refractivity contribution is 9.10. The molecule has 1 heterocycles. The van der Waals surface area contributed by atoms with Gasteiger partial charge in [-0.3, -0.25) is 0 Å². The molecule has 2 fully saturated rings. The van der Waals surface area contributed by atoms with Crippen LogP contribution in [0, 0.1) is 0 Å². The molecule has 1 aliphatic heterocycles. The molecule has 1 spiro atoms. The van der Waals surface area contributed by atoms with Gasteiger partial charge in [-0.25, -0.2) is 0 Å². The van der Waals surface area contributed by atoms with Crippen molar-refractivity contribution in [2.24, 2.45) is 5.73 Å². The van der Waals surface area contributed by atoms with Crippen molar-refractivity contribution in [2.45, 2.75) is 37.0 Å². The first-order chi connectivity index (χ1) is 8.62. The molecule has 18 heavy (non-hydrogen) atoms. The van der Waals surface area contributed by atoms with Crippen LogP contribution in [0.5, 0.6) is 0 Å². The van der Waals surface area contributed by atoms with E-state index < -0.39 is 0 Å². The summed E-state index contributed by atoms with van der Waals surface area (Å²) in [5, 5.41) is 0. The van der Waals surface area contributed by atoms with Gasteiger partial charge < -0.3 is 15.2 Å². The van der Waals surface area contributed by atoms with Crippen LogP contribution in [-0.2, 0) is 15.0 Å². The van der Waals surface area contributed by atoms with Crippen LogP contribution in [0.25, 0.3) is 0 Å². The SMILES string of the molecule is NC1(c2cccc(Br)c2)CCC2(CC1)OCCO2. The number of hydrogen-bond acceptors (Lipinski definition) is 3. The Morgan fingerprint density at radius 3 is 2.33 bits per heavy atom. The van der Waals surface area contributed by atoms with E-state index in [1.165, 1.54) is 5.56 Å². The standard InChI is InChI=1S/C14H18BrNO2/c15-12-3-1-2-11(10-12)13(16)4-6-14(7-5-13)17-8-9-18-14/h1-3,10H,4-9,16H2. The van der Waals surface area contributed by atoms with E-state index in [2.05, 4.69) is 28.1 Å². The molecule has 2 aliphatic rings. The summed E-state index contributed by atoms with van der Waals surface area (Å²) in [5.74, 6) is -0.338. The maximum atomic E-state index is 6.57. The summed E-state index contributed by atoms with van der Waals surface area (Å²) in [6.07, 6.45) is 3.58. The van der Waals surface area contributed by atoms with Gasteiger partial charge in [-0.05, 0) is 30.5 Å². The fourth-order valence-electron chi connectivity index (χ4n) is 2.95. The summed E-state index contributed by atoms with van der Waals surface area (Å²) < 4.78 is 12.6. The number of hydrogen-bond donors (Lipinski definition) is 1. The van der Waals surface area contributed by atoms with Gasteiger partial charge in [0.25, 0.3) is 0 Å². The van der Waals surface area contributed by atoms with Crippen molar-refractivity contribution in [3.05, 3.63) is 34.3 Å². The van der Waals surface area contributed by atoms with Gasteiger partial charge in [-0.1, -0.05) is 28.1 Å². The van der Waals surface area contributed by atoms with Gasteiger partial charge in [0.2, 0.25) is 0 Å². The highest BCUT2D eigenvalue weighted by Gasteiger charge is 2.45. The number of benzene rings is 1. The van der Waals surface area contributed by atoms with Crippen molar-refractivity contribution in [1.82, 2.24) is 0 Å². The second-order valence-electron chi connectivity index (χ2n) is 5.27. The average molecular weight is 312 g/mol. The van der Waals surface area contributed by atoms with Crippen molar-refractivity contribution in [1.29, 1.82) is 0 Å². The van der Waals surface area contributed by atoms with Gasteiger partial charge in [0.05, 0.1) is 13.2 Å². The Bertz CT molecular complexity index is 433. The van der Waals surface area contributed by atoms with Crippen LogP contribution >= 0.6 is 15.9 Å². The minimum atomic E-state index is -0.338. The summed E-state index contributed by atoms with van der Waals surface area (Å²) in [6, 6.07) is 8.30. The Kier molecular flexibility index (Phi) is 3.22. The van der Waals surface area contributed by atoms with Crippen molar-refractivity contribution in [3.8, 4) is 0 Å². The van der Waals surface area contributed by atoms with Gasteiger partial charge in [-0.15, -0.1) is 0 Å². The van der Waals surface area contributed by atoms with Crippen molar-refractivity contribution in [2.75, 3.05) is 13.2 Å². The van der Waals surface area contributed by atoms with Crippen LogP contribution in [0.4, 0.5) is 0 Å². The molecule has 1 saturated heterocycles. The third-order valence-corrected chi connectivity index (χ3v) is 4.61. The normalized spacial score (nSPS) is 25.4. The minimum Gasteiger partial charge on any atom is -0.348 e. The number of rotatable bonds is 1. The summed E-state index contributed by atoms with van der Waals surface area (Å²) >= 11 is 3.51. The van der Waals surface area contributed by atoms with E-state index in [4.69, 9.17) is 15.2 Å². The molecule has 0 amide bonds. The monoisotopic (exact) mass is 311 g/mol. The van der Waals surface area contributed by atoms with Crippen molar-refractivity contribution >= 4 is 15.9 Å². The smallest absolute Gasteiger partial charge is 0.168 e. The molecule has 3 rings (SSSR count). The molecule has 1 aromatic carbocycles. The molecule has 0 aromatic heterocycles. The first-order valence-electron chi connectivity index (χ1n) is 6.45. The minimum absolute atomic E-state index is 0.246. The van der Waals surface area contributed by atoms with Crippen LogP contribution < -0.4 is 5.73 Å². The molecule has 1 aromatic rings. The first-order valence-corrected chi connectivity index (χ1v) is 7.24. The molecule has 98 valence electrons. The molecule has 1 aliphatic carbocycles. The van der Waals surface area contributed by atoms with E-state index in [0.717, 1.165) is 30.2 Å². The van der Waals surface area contributed by atoms with Crippen LogP contribution in [0.3, 0.4) is 0 Å². The highest BCUT2D eigenvalue weighted by atomic mass is 79.9. The molecule has 1 saturated carbocycles. The maximum absolute atomic E-state index is 6.57. The Hall–Kier alpha value is -0.420. The third kappa shape index (κ3) is 2.23. The predicted molar refractivity (Wildman–Crippen MR) is 73.1 cm³/mol. The van der Waals surface area contributed by atoms with E-state index in [1.807, 2.05) is 12.1 Å². The predicted octanol–water partition coefficient (Wildman–Crippen LogP) is 2.92. The molecule has 0 atom stereocenters. The second kappa shape index (κ2) is 4.60. The topological polar surface area (TPSA) is 44.5 Å². The molecule has 2 N–H and O–H groups in total. The Balaban J connectivity index is 1.78. The van der Waals surface area contributed by atoms with E-state index in [1.54, 1.807) is 0 Å². The zero-order valence-corrected chi connectivity index (χ0v) is 11.9. The van der Waals surface area contributed by atoms with Gasteiger partial charge in [0.1, 0.15) is 0 Å². The fourth-order valence-corrected chi connectivity index (χ4v) is 3.35. The Labute approximate surface area is 116 Å². The van der Waals surface area contributed by atoms with E-state index >= 15 is 0 Å². The van der Waals surface area contributed by atoms with Crippen molar-refractivity contribution in [3.63, 3.8) is 0 Å². The Morgan fingerprint density at radius 2 is 1.72 bits per heavy atom. The summed E-state index contributed by atoms with van der Waals surface area (Å²) in [7, 11) is 0. The fraction of sp³-hybridized carbons (Fsp3) is 0.571. The van der Waals surface area contributed by atoms with Crippen LogP contribution in [0.1, 0.15) is 31.2 Å². The number of halogens is 1. The molecule has 0 bridgehead atoms. The van der Waals surface area contributed by atoms with Gasteiger partial charge in [0, 0.05) is 22.9 Å². The summed E-state index contributed by atoms with van der Waals surface area (Å²) in [6.45, 7) is 1.43. The van der Waals surface area contributed by atoms with Gasteiger partial charge >= 0.3 is 0 Å². The Morgan fingerprint density at radius 1 is 1.06 bits per heavy atom. The highest BCUT2D eigenvalue weighted by Crippen LogP contribution is 2.43. The molecule has 4 heteroatoms. The van der Waals surface area contributed by atoms with Gasteiger partial charge in [0.15, 0.2) is 5.79 Å². The summed E-state index contributed by atoms with van der Waals surface area (Å²) in [5.41, 5.74) is 7.52. The lowest BCUT2D eigenvalue weighted by Crippen LogP contribution is -2.47. The van der Waals surface area contributed by atoms with Gasteiger partial charge in [-0.2, -0.15) is 0 Å². The van der Waals surface area contributed by atoms with Crippen LogP contribution in [-0.4, -0.2) is 19.0 Å². The molecular weight excluding hydrogens is 294 g/mol. The largest absolute Gasteiger partial charge is 0.348 e. The zero-order valence-electron chi connectivity index (χ0n) is 10.3.